The second-order valence-electron chi connectivity index (χ2n) is 4.23. The number of thiazole rings is 1. The zero-order valence-corrected chi connectivity index (χ0v) is 12.5. The van der Waals surface area contributed by atoms with Crippen LogP contribution < -0.4 is 4.90 Å². The molecule has 0 saturated heterocycles. The van der Waals surface area contributed by atoms with E-state index in [0.717, 1.165) is 17.0 Å². The number of aromatic nitrogens is 1. The van der Waals surface area contributed by atoms with Gasteiger partial charge in [-0.25, -0.2) is 14.2 Å². The Morgan fingerprint density at radius 3 is 2.62 bits per heavy atom. The van der Waals surface area contributed by atoms with Gasteiger partial charge in [-0.1, -0.05) is 11.3 Å². The van der Waals surface area contributed by atoms with Gasteiger partial charge in [-0.3, -0.25) is 0 Å². The predicted molar refractivity (Wildman–Crippen MR) is 78.9 cm³/mol. The van der Waals surface area contributed by atoms with E-state index in [1.165, 1.54) is 19.2 Å². The Balaban J connectivity index is 2.40. The summed E-state index contributed by atoms with van der Waals surface area (Å²) < 4.78 is 18.0. The van der Waals surface area contributed by atoms with Crippen molar-refractivity contribution < 1.29 is 19.0 Å². The minimum Gasteiger partial charge on any atom is -0.477 e. The topological polar surface area (TPSA) is 62.7 Å². The van der Waals surface area contributed by atoms with Crippen molar-refractivity contribution in [1.29, 1.82) is 0 Å². The molecule has 0 atom stereocenters. The van der Waals surface area contributed by atoms with Gasteiger partial charge in [-0.05, 0) is 31.2 Å². The number of carboxylic acids is 1. The lowest BCUT2D eigenvalue weighted by atomic mass is 10.3. The summed E-state index contributed by atoms with van der Waals surface area (Å²) in [4.78, 5) is 17.6. The van der Waals surface area contributed by atoms with Crippen molar-refractivity contribution in [3.8, 4) is 0 Å². The van der Waals surface area contributed by atoms with Gasteiger partial charge in [0.2, 0.25) is 0 Å². The van der Waals surface area contributed by atoms with E-state index >= 15 is 0 Å². The molecule has 0 radical (unpaired) electrons. The summed E-state index contributed by atoms with van der Waals surface area (Å²) in [6, 6.07) is 5.99. The van der Waals surface area contributed by atoms with Crippen LogP contribution >= 0.6 is 11.3 Å². The zero-order chi connectivity index (χ0) is 15.4. The van der Waals surface area contributed by atoms with Crippen LogP contribution in [0.4, 0.5) is 15.2 Å². The monoisotopic (exact) mass is 310 g/mol. The van der Waals surface area contributed by atoms with Gasteiger partial charge in [0, 0.05) is 19.3 Å². The molecule has 1 heterocycles. The fourth-order valence-corrected chi connectivity index (χ4v) is 2.90. The van der Waals surface area contributed by atoms with Gasteiger partial charge in [0.25, 0.3) is 0 Å². The Kier molecular flexibility index (Phi) is 4.87. The number of nitrogens with zero attached hydrogens (tertiary/aromatic N) is 2. The number of aromatic carboxylic acids is 1. The third-order valence-corrected chi connectivity index (χ3v) is 3.96. The Morgan fingerprint density at radius 2 is 2.10 bits per heavy atom. The molecule has 0 bridgehead atoms. The van der Waals surface area contributed by atoms with Crippen LogP contribution in [0.1, 0.15) is 22.3 Å². The van der Waals surface area contributed by atoms with Gasteiger partial charge in [-0.15, -0.1) is 0 Å². The third kappa shape index (κ3) is 3.37. The minimum atomic E-state index is -1.03. The first-order chi connectivity index (χ1) is 10.1. The van der Waals surface area contributed by atoms with Crippen LogP contribution in [0, 0.1) is 5.82 Å². The molecule has 0 aliphatic heterocycles. The second-order valence-corrected chi connectivity index (χ2v) is 5.21. The van der Waals surface area contributed by atoms with E-state index in [9.17, 15) is 14.3 Å². The number of benzene rings is 1. The number of carbonyl (C=O) groups is 1. The lowest BCUT2D eigenvalue weighted by Crippen LogP contribution is -2.15. The largest absolute Gasteiger partial charge is 0.477 e. The highest BCUT2D eigenvalue weighted by Crippen LogP contribution is 2.32. The Labute approximate surface area is 125 Å². The van der Waals surface area contributed by atoms with Crippen molar-refractivity contribution in [1.82, 2.24) is 4.98 Å². The molecule has 1 aromatic carbocycles. The van der Waals surface area contributed by atoms with Crippen LogP contribution in [-0.4, -0.2) is 29.7 Å². The van der Waals surface area contributed by atoms with Crippen LogP contribution in [0.2, 0.25) is 0 Å². The van der Waals surface area contributed by atoms with Crippen molar-refractivity contribution >= 4 is 28.1 Å². The van der Waals surface area contributed by atoms with Crippen LogP contribution in [0.5, 0.6) is 0 Å². The molecule has 2 aromatic rings. The number of anilines is 2. The van der Waals surface area contributed by atoms with Gasteiger partial charge >= 0.3 is 5.97 Å². The maximum Gasteiger partial charge on any atom is 0.347 e. The van der Waals surface area contributed by atoms with Crippen LogP contribution in [0.15, 0.2) is 24.3 Å². The molecular formula is C14H15FN2O3S. The molecule has 1 N–H and O–H groups in total. The highest BCUT2D eigenvalue weighted by atomic mass is 32.1. The normalized spacial score (nSPS) is 10.6. The summed E-state index contributed by atoms with van der Waals surface area (Å²) in [5, 5.41) is 9.76. The maximum atomic E-state index is 13.0. The highest BCUT2D eigenvalue weighted by molar-refractivity contribution is 7.17. The number of halogens is 1. The lowest BCUT2D eigenvalue weighted by Gasteiger charge is -2.19. The average Bonchev–Trinajstić information content (AvgIpc) is 2.86. The van der Waals surface area contributed by atoms with E-state index in [1.807, 2.05) is 11.8 Å². The van der Waals surface area contributed by atoms with Crippen LogP contribution in [0.25, 0.3) is 0 Å². The summed E-state index contributed by atoms with van der Waals surface area (Å²) in [5.74, 6) is -1.35. The summed E-state index contributed by atoms with van der Waals surface area (Å²) in [7, 11) is 1.49. The van der Waals surface area contributed by atoms with Crippen LogP contribution in [-0.2, 0) is 11.3 Å². The molecule has 0 fully saturated rings. The van der Waals surface area contributed by atoms with Crippen molar-refractivity contribution in [2.24, 2.45) is 0 Å². The molecule has 0 aliphatic rings. The Hall–Kier alpha value is -1.99. The molecule has 5 nitrogen and oxygen atoms in total. The minimum absolute atomic E-state index is 0.138. The van der Waals surface area contributed by atoms with Crippen molar-refractivity contribution in [3.05, 3.63) is 40.7 Å². The predicted octanol–water partition coefficient (Wildman–Crippen LogP) is 3.28. The fraction of sp³-hybridized carbons (Fsp3) is 0.286. The third-order valence-electron chi connectivity index (χ3n) is 2.85. The number of ether oxygens (including phenoxy) is 1. The number of rotatable bonds is 6. The van der Waals surface area contributed by atoms with Gasteiger partial charge in [0.1, 0.15) is 10.7 Å². The summed E-state index contributed by atoms with van der Waals surface area (Å²) in [6.45, 7) is 2.64. The first-order valence-electron chi connectivity index (χ1n) is 6.31. The van der Waals surface area contributed by atoms with E-state index < -0.39 is 5.97 Å². The van der Waals surface area contributed by atoms with Crippen molar-refractivity contribution in [2.45, 2.75) is 13.5 Å². The van der Waals surface area contributed by atoms with Crippen molar-refractivity contribution in [2.75, 3.05) is 18.6 Å². The quantitative estimate of drug-likeness (QED) is 0.887. The van der Waals surface area contributed by atoms with Gasteiger partial charge in [0.15, 0.2) is 5.13 Å². The molecular weight excluding hydrogens is 295 g/mol. The zero-order valence-electron chi connectivity index (χ0n) is 11.7. The summed E-state index contributed by atoms with van der Waals surface area (Å²) in [5.41, 5.74) is 1.15. The molecule has 2 rings (SSSR count). The lowest BCUT2D eigenvalue weighted by molar-refractivity contribution is 0.0697. The maximum absolute atomic E-state index is 13.0. The smallest absolute Gasteiger partial charge is 0.347 e. The van der Waals surface area contributed by atoms with Crippen LogP contribution in [0.3, 0.4) is 0 Å². The van der Waals surface area contributed by atoms with E-state index in [4.69, 9.17) is 4.74 Å². The SMILES string of the molecule is CCN(c1ccc(F)cc1)c1nc(COC)c(C(=O)O)s1. The number of methoxy groups -OCH3 is 1. The second kappa shape index (κ2) is 6.64. The van der Waals surface area contributed by atoms with E-state index in [2.05, 4.69) is 4.98 Å². The van der Waals surface area contributed by atoms with E-state index in [-0.39, 0.29) is 17.3 Å². The molecule has 0 saturated carbocycles. The summed E-state index contributed by atoms with van der Waals surface area (Å²) in [6.07, 6.45) is 0. The molecule has 1 aromatic heterocycles. The number of hydrogen-bond donors (Lipinski definition) is 1. The molecule has 0 aliphatic carbocycles. The first-order valence-corrected chi connectivity index (χ1v) is 7.13. The van der Waals surface area contributed by atoms with E-state index in [1.54, 1.807) is 12.1 Å². The molecule has 21 heavy (non-hydrogen) atoms. The standard InChI is InChI=1S/C14H15FN2O3S/c1-3-17(10-6-4-9(15)5-7-10)14-16-11(8-20-2)12(21-14)13(18)19/h4-7H,3,8H2,1-2H3,(H,18,19). The Morgan fingerprint density at radius 1 is 1.43 bits per heavy atom. The molecule has 7 heteroatoms. The van der Waals surface area contributed by atoms with E-state index in [0.29, 0.717) is 17.4 Å². The molecule has 0 spiro atoms. The molecule has 0 unspecified atom stereocenters. The highest BCUT2D eigenvalue weighted by Gasteiger charge is 2.20. The fourth-order valence-electron chi connectivity index (χ4n) is 1.91. The summed E-state index contributed by atoms with van der Waals surface area (Å²) >= 11 is 1.08. The molecule has 0 amide bonds. The van der Waals surface area contributed by atoms with Crippen molar-refractivity contribution in [3.63, 3.8) is 0 Å². The number of carboxylic acid groups (broad SMARTS) is 1. The van der Waals surface area contributed by atoms with Gasteiger partial charge < -0.3 is 14.7 Å². The average molecular weight is 310 g/mol. The first kappa shape index (κ1) is 15.4. The van der Waals surface area contributed by atoms with Gasteiger partial charge in [0.05, 0.1) is 12.3 Å². The molecule has 112 valence electrons. The number of hydrogen-bond acceptors (Lipinski definition) is 5. The Bertz CT molecular complexity index is 628. The van der Waals surface area contributed by atoms with Gasteiger partial charge in [-0.2, -0.15) is 0 Å².